The molecule has 21 heavy (non-hydrogen) atoms. The van der Waals surface area contributed by atoms with Crippen LogP contribution in [-0.2, 0) is 12.4 Å². The van der Waals surface area contributed by atoms with Gasteiger partial charge in [-0.2, -0.15) is 4.68 Å². The number of aromatic nitrogens is 4. The van der Waals surface area contributed by atoms with Crippen molar-refractivity contribution in [2.24, 2.45) is 0 Å². The fourth-order valence-electron chi connectivity index (χ4n) is 2.04. The number of nitrogens with one attached hydrogen (secondary N) is 1. The van der Waals surface area contributed by atoms with E-state index in [0.717, 1.165) is 16.8 Å². The number of para-hydroxylation sites is 1. The molecule has 5 nitrogen and oxygen atoms in total. The van der Waals surface area contributed by atoms with Crippen LogP contribution < -0.4 is 5.32 Å². The van der Waals surface area contributed by atoms with Crippen LogP contribution in [0.5, 0.6) is 0 Å². The van der Waals surface area contributed by atoms with E-state index in [9.17, 15) is 0 Å². The second-order valence-electron chi connectivity index (χ2n) is 4.56. The zero-order valence-electron chi connectivity index (χ0n) is 11.3. The summed E-state index contributed by atoms with van der Waals surface area (Å²) in [7, 11) is 0. The van der Waals surface area contributed by atoms with Gasteiger partial charge in [-0.15, -0.1) is 11.6 Å². The van der Waals surface area contributed by atoms with Crippen molar-refractivity contribution in [2.75, 3.05) is 5.32 Å². The summed E-state index contributed by atoms with van der Waals surface area (Å²) in [5, 5.41) is 15.0. The average Bonchev–Trinajstić information content (AvgIpc) is 3.02. The van der Waals surface area contributed by atoms with Crippen LogP contribution in [0, 0.1) is 0 Å². The topological polar surface area (TPSA) is 55.6 Å². The maximum atomic E-state index is 5.85. The number of alkyl halides is 1. The third-order valence-corrected chi connectivity index (χ3v) is 3.38. The van der Waals surface area contributed by atoms with Gasteiger partial charge in [0, 0.05) is 12.4 Å². The number of anilines is 1. The average molecular weight is 300 g/mol. The molecule has 1 N–H and O–H groups in total. The Bertz CT molecular complexity index is 711. The number of hydrogen-bond acceptors (Lipinski definition) is 4. The maximum Gasteiger partial charge on any atom is 0.248 e. The highest BCUT2D eigenvalue weighted by molar-refractivity contribution is 6.17. The lowest BCUT2D eigenvalue weighted by Crippen LogP contribution is -2.07. The highest BCUT2D eigenvalue weighted by atomic mass is 35.5. The lowest BCUT2D eigenvalue weighted by Gasteiger charge is -2.07. The lowest BCUT2D eigenvalue weighted by molar-refractivity contribution is 0.789. The summed E-state index contributed by atoms with van der Waals surface area (Å²) in [6, 6.07) is 17.9. The normalized spacial score (nSPS) is 10.5. The predicted octanol–water partition coefficient (Wildman–Crippen LogP) is 3.01. The molecule has 106 valence electrons. The zero-order chi connectivity index (χ0) is 14.5. The molecule has 3 rings (SSSR count). The molecule has 1 heterocycles. The quantitative estimate of drug-likeness (QED) is 0.736. The van der Waals surface area contributed by atoms with Gasteiger partial charge in [-0.1, -0.05) is 47.6 Å². The predicted molar refractivity (Wildman–Crippen MR) is 82.5 cm³/mol. The third kappa shape index (κ3) is 3.20. The van der Waals surface area contributed by atoms with Crippen molar-refractivity contribution in [2.45, 2.75) is 12.4 Å². The number of nitrogens with zero attached hydrogens (tertiary/aromatic N) is 4. The first kappa shape index (κ1) is 13.6. The zero-order valence-corrected chi connectivity index (χ0v) is 12.0. The van der Waals surface area contributed by atoms with E-state index < -0.39 is 0 Å². The Labute approximate surface area is 127 Å². The van der Waals surface area contributed by atoms with E-state index in [2.05, 4.69) is 26.9 Å². The van der Waals surface area contributed by atoms with Gasteiger partial charge >= 0.3 is 0 Å². The van der Waals surface area contributed by atoms with Gasteiger partial charge in [0.2, 0.25) is 5.95 Å². The van der Waals surface area contributed by atoms with Crippen LogP contribution in [0.4, 0.5) is 5.95 Å². The van der Waals surface area contributed by atoms with E-state index in [1.54, 1.807) is 4.68 Å². The molecule has 6 heteroatoms. The summed E-state index contributed by atoms with van der Waals surface area (Å²) >= 11 is 5.85. The fraction of sp³-hybridized carbons (Fsp3) is 0.133. The molecule has 2 aromatic carbocycles. The van der Waals surface area contributed by atoms with Crippen molar-refractivity contribution in [1.82, 2.24) is 20.2 Å². The molecular formula is C15H14ClN5. The Morgan fingerprint density at radius 2 is 1.81 bits per heavy atom. The summed E-state index contributed by atoms with van der Waals surface area (Å²) < 4.78 is 1.67. The Morgan fingerprint density at radius 3 is 2.62 bits per heavy atom. The number of hydrogen-bond donors (Lipinski definition) is 1. The molecule has 0 radical (unpaired) electrons. The van der Waals surface area contributed by atoms with Crippen LogP contribution in [0.1, 0.15) is 11.1 Å². The largest absolute Gasteiger partial charge is 0.349 e. The standard InChI is InChI=1S/C15H14ClN5/c16-10-12-5-4-6-13(9-12)11-17-15-18-19-20-21(15)14-7-2-1-3-8-14/h1-9H,10-11H2,(H,17,18,20). The first-order chi connectivity index (χ1) is 10.4. The van der Waals surface area contributed by atoms with Crippen LogP contribution in [0.2, 0.25) is 0 Å². The Balaban J connectivity index is 1.76. The van der Waals surface area contributed by atoms with Crippen molar-refractivity contribution in [1.29, 1.82) is 0 Å². The van der Waals surface area contributed by atoms with E-state index in [4.69, 9.17) is 11.6 Å². The lowest BCUT2D eigenvalue weighted by atomic mass is 10.1. The summed E-state index contributed by atoms with van der Waals surface area (Å²) in [6.45, 7) is 0.637. The first-order valence-electron chi connectivity index (χ1n) is 6.58. The molecule has 3 aromatic rings. The number of rotatable bonds is 5. The molecule has 0 aliphatic carbocycles. The van der Waals surface area contributed by atoms with Crippen molar-refractivity contribution in [3.05, 3.63) is 65.7 Å². The smallest absolute Gasteiger partial charge is 0.248 e. The molecule has 0 unspecified atom stereocenters. The fourth-order valence-corrected chi connectivity index (χ4v) is 2.21. The second kappa shape index (κ2) is 6.37. The molecule has 0 bridgehead atoms. The third-order valence-electron chi connectivity index (χ3n) is 3.07. The molecule has 0 saturated carbocycles. The van der Waals surface area contributed by atoms with Crippen molar-refractivity contribution >= 4 is 17.5 Å². The van der Waals surface area contributed by atoms with Gasteiger partial charge in [0.15, 0.2) is 0 Å². The van der Waals surface area contributed by atoms with Crippen molar-refractivity contribution in [3.8, 4) is 5.69 Å². The minimum absolute atomic E-state index is 0.510. The molecule has 0 spiro atoms. The van der Waals surface area contributed by atoms with Crippen LogP contribution in [0.15, 0.2) is 54.6 Å². The Hall–Kier alpha value is -2.40. The SMILES string of the molecule is ClCc1cccc(CNc2nnnn2-c2ccccc2)c1. The number of tetrazole rings is 1. The van der Waals surface area contributed by atoms with Crippen LogP contribution in [0.3, 0.4) is 0 Å². The maximum absolute atomic E-state index is 5.85. The van der Waals surface area contributed by atoms with Crippen molar-refractivity contribution in [3.63, 3.8) is 0 Å². The van der Waals surface area contributed by atoms with Gasteiger partial charge in [0.25, 0.3) is 0 Å². The Kier molecular flexibility index (Phi) is 4.12. The van der Waals surface area contributed by atoms with E-state index in [1.807, 2.05) is 48.5 Å². The van der Waals surface area contributed by atoms with Gasteiger partial charge in [-0.25, -0.2) is 0 Å². The van der Waals surface area contributed by atoms with Gasteiger partial charge < -0.3 is 5.32 Å². The molecule has 1 aromatic heterocycles. The summed E-state index contributed by atoms with van der Waals surface area (Å²) in [5.74, 6) is 1.12. The van der Waals surface area contributed by atoms with E-state index in [1.165, 1.54) is 0 Å². The van der Waals surface area contributed by atoms with E-state index >= 15 is 0 Å². The molecule has 0 aliphatic rings. The van der Waals surface area contributed by atoms with E-state index in [0.29, 0.717) is 18.4 Å². The minimum atomic E-state index is 0.510. The molecule has 0 saturated heterocycles. The van der Waals surface area contributed by atoms with Gasteiger partial charge in [0.1, 0.15) is 0 Å². The summed E-state index contributed by atoms with van der Waals surface area (Å²) in [4.78, 5) is 0. The second-order valence-corrected chi connectivity index (χ2v) is 4.82. The Morgan fingerprint density at radius 1 is 1.00 bits per heavy atom. The highest BCUT2D eigenvalue weighted by Crippen LogP contribution is 2.13. The summed E-state index contributed by atoms with van der Waals surface area (Å²) in [5.41, 5.74) is 3.15. The van der Waals surface area contributed by atoms with E-state index in [-0.39, 0.29) is 0 Å². The van der Waals surface area contributed by atoms with Crippen LogP contribution in [-0.4, -0.2) is 20.2 Å². The number of benzene rings is 2. The minimum Gasteiger partial charge on any atom is -0.349 e. The van der Waals surface area contributed by atoms with Crippen molar-refractivity contribution < 1.29 is 0 Å². The first-order valence-corrected chi connectivity index (χ1v) is 7.12. The van der Waals surface area contributed by atoms with Gasteiger partial charge in [-0.05, 0) is 33.7 Å². The highest BCUT2D eigenvalue weighted by Gasteiger charge is 2.07. The molecule has 0 aliphatic heterocycles. The molecular weight excluding hydrogens is 286 g/mol. The van der Waals surface area contributed by atoms with Gasteiger partial charge in [-0.3, -0.25) is 0 Å². The van der Waals surface area contributed by atoms with Gasteiger partial charge in [0.05, 0.1) is 5.69 Å². The monoisotopic (exact) mass is 299 g/mol. The summed E-state index contributed by atoms with van der Waals surface area (Å²) in [6.07, 6.45) is 0. The molecule has 0 fully saturated rings. The van der Waals surface area contributed by atoms with Crippen LogP contribution >= 0.6 is 11.6 Å². The molecule has 0 amide bonds. The van der Waals surface area contributed by atoms with Crippen LogP contribution in [0.25, 0.3) is 5.69 Å². The molecule has 0 atom stereocenters. The number of halogens is 1.